The second-order valence-electron chi connectivity index (χ2n) is 3.15. The van der Waals surface area contributed by atoms with E-state index in [9.17, 15) is 17.6 Å². The first-order valence-electron chi connectivity index (χ1n) is 4.19. The molecule has 1 aromatic rings. The molecule has 0 aliphatic heterocycles. The van der Waals surface area contributed by atoms with Gasteiger partial charge in [0.25, 0.3) is 5.92 Å². The van der Waals surface area contributed by atoms with E-state index >= 15 is 0 Å². The monoisotopic (exact) mass is 257 g/mol. The van der Waals surface area contributed by atoms with Crippen molar-refractivity contribution in [3.63, 3.8) is 0 Å². The molecule has 0 aliphatic carbocycles. The minimum Gasteiger partial charge on any atom is -0.390 e. The van der Waals surface area contributed by atoms with Crippen LogP contribution in [0.2, 0.25) is 5.02 Å². The van der Waals surface area contributed by atoms with Gasteiger partial charge in [-0.2, -0.15) is 0 Å². The fourth-order valence-corrected chi connectivity index (χ4v) is 1.41. The highest BCUT2D eigenvalue weighted by molar-refractivity contribution is 6.31. The van der Waals surface area contributed by atoms with Gasteiger partial charge in [-0.3, -0.25) is 0 Å². The highest BCUT2D eigenvalue weighted by atomic mass is 35.5. The predicted octanol–water partition coefficient (Wildman–Crippen LogP) is 2.25. The summed E-state index contributed by atoms with van der Waals surface area (Å²) in [5, 5.41) is 7.58. The number of hydrogen-bond donors (Lipinski definition) is 2. The van der Waals surface area contributed by atoms with E-state index in [1.807, 2.05) is 0 Å². The van der Waals surface area contributed by atoms with Gasteiger partial charge in [-0.1, -0.05) is 11.6 Å². The normalized spacial score (nSPS) is 13.9. The van der Waals surface area contributed by atoms with Gasteiger partial charge in [0.15, 0.2) is 0 Å². The summed E-state index contributed by atoms with van der Waals surface area (Å²) >= 11 is 5.35. The van der Waals surface area contributed by atoms with Crippen LogP contribution in [0.25, 0.3) is 0 Å². The van der Waals surface area contributed by atoms with E-state index in [1.165, 1.54) is 0 Å². The van der Waals surface area contributed by atoms with Crippen LogP contribution in [0, 0.1) is 11.6 Å². The summed E-state index contributed by atoms with van der Waals surface area (Å²) in [6.45, 7) is -1.58. The first kappa shape index (κ1) is 13.2. The molecule has 0 aliphatic rings. The third-order valence-corrected chi connectivity index (χ3v) is 2.44. The van der Waals surface area contributed by atoms with Crippen LogP contribution in [0.15, 0.2) is 12.1 Å². The van der Waals surface area contributed by atoms with Crippen LogP contribution in [-0.2, 0) is 0 Å². The molecule has 0 saturated heterocycles. The summed E-state index contributed by atoms with van der Waals surface area (Å²) in [5.74, 6) is -5.98. The molecule has 0 radical (unpaired) electrons. The molecule has 1 rings (SSSR count). The molecule has 0 spiro atoms. The Morgan fingerprint density at radius 2 is 1.81 bits per heavy atom. The van der Waals surface area contributed by atoms with Gasteiger partial charge < -0.3 is 10.8 Å². The molecule has 90 valence electrons. The number of nitrogens with two attached hydrogens (primary N) is 1. The summed E-state index contributed by atoms with van der Waals surface area (Å²) < 4.78 is 52.2. The van der Waals surface area contributed by atoms with Crippen molar-refractivity contribution in [3.05, 3.63) is 34.4 Å². The maximum atomic E-state index is 13.2. The molecule has 2 nitrogen and oxygen atoms in total. The maximum absolute atomic E-state index is 13.2. The van der Waals surface area contributed by atoms with E-state index in [0.717, 1.165) is 0 Å². The maximum Gasteiger partial charge on any atom is 0.289 e. The van der Waals surface area contributed by atoms with Gasteiger partial charge >= 0.3 is 0 Å². The Labute approximate surface area is 93.6 Å². The Morgan fingerprint density at radius 3 is 2.31 bits per heavy atom. The zero-order valence-electron chi connectivity index (χ0n) is 7.85. The zero-order valence-corrected chi connectivity index (χ0v) is 8.61. The van der Waals surface area contributed by atoms with Gasteiger partial charge in [-0.15, -0.1) is 0 Å². The second kappa shape index (κ2) is 4.57. The van der Waals surface area contributed by atoms with Crippen LogP contribution >= 0.6 is 11.6 Å². The number of benzene rings is 1. The average molecular weight is 258 g/mol. The van der Waals surface area contributed by atoms with E-state index in [4.69, 9.17) is 22.4 Å². The molecule has 0 aromatic heterocycles. The van der Waals surface area contributed by atoms with Crippen LogP contribution in [0.1, 0.15) is 11.6 Å². The molecule has 7 heteroatoms. The van der Waals surface area contributed by atoms with Gasteiger partial charge in [0.2, 0.25) is 0 Å². The number of aliphatic hydroxyl groups is 1. The molecular weight excluding hydrogens is 250 g/mol. The molecule has 0 fully saturated rings. The van der Waals surface area contributed by atoms with Gasteiger partial charge in [-0.25, -0.2) is 17.6 Å². The summed E-state index contributed by atoms with van der Waals surface area (Å²) in [7, 11) is 0. The van der Waals surface area contributed by atoms with Crippen molar-refractivity contribution in [2.75, 3.05) is 6.61 Å². The first-order chi connectivity index (χ1) is 7.31. The van der Waals surface area contributed by atoms with Crippen LogP contribution in [0.3, 0.4) is 0 Å². The van der Waals surface area contributed by atoms with E-state index in [1.54, 1.807) is 0 Å². The average Bonchev–Trinajstić information content (AvgIpc) is 2.24. The molecule has 0 heterocycles. The number of rotatable bonds is 3. The summed E-state index contributed by atoms with van der Waals surface area (Å²) in [6.07, 6.45) is 0. The van der Waals surface area contributed by atoms with Crippen molar-refractivity contribution in [1.29, 1.82) is 0 Å². The highest BCUT2D eigenvalue weighted by Gasteiger charge is 2.40. The van der Waals surface area contributed by atoms with Crippen LogP contribution < -0.4 is 5.73 Å². The molecule has 0 unspecified atom stereocenters. The minimum atomic E-state index is -3.78. The predicted molar refractivity (Wildman–Crippen MR) is 50.3 cm³/mol. The van der Waals surface area contributed by atoms with Crippen molar-refractivity contribution in [2.24, 2.45) is 5.73 Å². The van der Waals surface area contributed by atoms with Crippen molar-refractivity contribution in [1.82, 2.24) is 0 Å². The lowest BCUT2D eigenvalue weighted by Gasteiger charge is -2.23. The van der Waals surface area contributed by atoms with E-state index in [2.05, 4.69) is 0 Å². The summed E-state index contributed by atoms with van der Waals surface area (Å²) in [6, 6.07) is -0.866. The van der Waals surface area contributed by atoms with E-state index in [0.29, 0.717) is 12.1 Å². The number of alkyl halides is 2. The highest BCUT2D eigenvalue weighted by Crippen LogP contribution is 2.35. The molecule has 3 N–H and O–H groups in total. The summed E-state index contributed by atoms with van der Waals surface area (Å²) in [4.78, 5) is 0. The third kappa shape index (κ3) is 2.28. The molecule has 1 aromatic carbocycles. The Bertz CT molecular complexity index is 399. The fourth-order valence-electron chi connectivity index (χ4n) is 1.14. The smallest absolute Gasteiger partial charge is 0.289 e. The van der Waals surface area contributed by atoms with Crippen LogP contribution in [0.4, 0.5) is 17.6 Å². The van der Waals surface area contributed by atoms with Crippen molar-refractivity contribution < 1.29 is 22.7 Å². The topological polar surface area (TPSA) is 46.2 Å². The van der Waals surface area contributed by atoms with Gasteiger partial charge in [0.05, 0.1) is 5.02 Å². The van der Waals surface area contributed by atoms with Crippen LogP contribution in [-0.4, -0.2) is 17.6 Å². The fraction of sp³-hybridized carbons (Fsp3) is 0.333. The summed E-state index contributed by atoms with van der Waals surface area (Å²) in [5.41, 5.74) is 4.21. The minimum absolute atomic E-state index is 0.643. The first-order valence-corrected chi connectivity index (χ1v) is 4.56. The van der Waals surface area contributed by atoms with Crippen molar-refractivity contribution in [2.45, 2.75) is 12.0 Å². The van der Waals surface area contributed by atoms with E-state index < -0.39 is 40.8 Å². The SMILES string of the molecule is N[C@H](c1c(F)ccc(F)c1Cl)C(F)(F)CO. The molecule has 0 amide bonds. The molecule has 0 bridgehead atoms. The lowest BCUT2D eigenvalue weighted by Crippen LogP contribution is -2.37. The lowest BCUT2D eigenvalue weighted by molar-refractivity contribution is -0.0719. The Morgan fingerprint density at radius 1 is 1.31 bits per heavy atom. The molecule has 0 saturated carbocycles. The number of hydrogen-bond acceptors (Lipinski definition) is 2. The Kier molecular flexibility index (Phi) is 3.77. The van der Waals surface area contributed by atoms with Crippen molar-refractivity contribution >= 4 is 11.6 Å². The third-order valence-electron chi connectivity index (χ3n) is 2.06. The molecular formula is C9H8ClF4NO. The van der Waals surface area contributed by atoms with Gasteiger partial charge in [-0.05, 0) is 12.1 Å². The van der Waals surface area contributed by atoms with E-state index in [-0.39, 0.29) is 0 Å². The number of halogens is 5. The Balaban J connectivity index is 3.28. The second-order valence-corrected chi connectivity index (χ2v) is 3.53. The zero-order chi connectivity index (χ0) is 12.5. The standard InChI is InChI=1S/C9H8ClF4NO/c10-7-5(12)2-1-4(11)6(7)8(15)9(13,14)3-16/h1-2,8,16H,3,15H2/t8-/m1/s1. The van der Waals surface area contributed by atoms with Gasteiger partial charge in [0, 0.05) is 5.56 Å². The Hall–Kier alpha value is -0.850. The quantitative estimate of drug-likeness (QED) is 0.644. The molecule has 16 heavy (non-hydrogen) atoms. The number of aliphatic hydroxyl groups excluding tert-OH is 1. The van der Waals surface area contributed by atoms with Crippen molar-refractivity contribution in [3.8, 4) is 0 Å². The van der Waals surface area contributed by atoms with Gasteiger partial charge in [0.1, 0.15) is 24.3 Å². The van der Waals surface area contributed by atoms with Crippen LogP contribution in [0.5, 0.6) is 0 Å². The lowest BCUT2D eigenvalue weighted by atomic mass is 10.0. The molecule has 1 atom stereocenters. The largest absolute Gasteiger partial charge is 0.390 e.